The van der Waals surface area contributed by atoms with E-state index in [1.165, 1.54) is 18.7 Å². The molecule has 0 fully saturated rings. The quantitative estimate of drug-likeness (QED) is 0.278. The third kappa shape index (κ3) is 2.94. The molecular formula is C13H13ClN4O3S. The first kappa shape index (κ1) is 15.3. The average molecular weight is 341 g/mol. The van der Waals surface area contributed by atoms with E-state index in [4.69, 9.17) is 21.1 Å². The SMILES string of the molecule is CSc1nc(Cl)c2ncn(C3C=CC(OC(C)=O)CO3)c2n1. The van der Waals surface area contributed by atoms with Gasteiger partial charge < -0.3 is 9.47 Å². The Labute approximate surface area is 135 Å². The molecule has 1 aliphatic rings. The Hall–Kier alpha value is -1.64. The van der Waals surface area contributed by atoms with Crippen LogP contribution < -0.4 is 0 Å². The molecule has 0 aromatic carbocycles. The largest absolute Gasteiger partial charge is 0.456 e. The highest BCUT2D eigenvalue weighted by molar-refractivity contribution is 7.98. The Balaban J connectivity index is 1.91. The molecule has 0 saturated heterocycles. The minimum absolute atomic E-state index is 0.272. The fraction of sp³-hybridized carbons (Fsp3) is 0.385. The molecule has 0 radical (unpaired) electrons. The Morgan fingerprint density at radius 1 is 1.50 bits per heavy atom. The van der Waals surface area contributed by atoms with Gasteiger partial charge in [0.15, 0.2) is 22.2 Å². The lowest BCUT2D eigenvalue weighted by Gasteiger charge is -2.24. The van der Waals surface area contributed by atoms with Crippen LogP contribution in [0, 0.1) is 0 Å². The normalized spacial score (nSPS) is 21.2. The van der Waals surface area contributed by atoms with E-state index in [1.807, 2.05) is 6.26 Å². The number of halogens is 1. The molecule has 2 aromatic heterocycles. The molecule has 22 heavy (non-hydrogen) atoms. The molecule has 2 aromatic rings. The van der Waals surface area contributed by atoms with Crippen LogP contribution in [-0.2, 0) is 14.3 Å². The monoisotopic (exact) mass is 340 g/mol. The van der Waals surface area contributed by atoms with E-state index in [0.717, 1.165) is 0 Å². The second-order valence-electron chi connectivity index (χ2n) is 4.58. The van der Waals surface area contributed by atoms with E-state index in [2.05, 4.69) is 15.0 Å². The summed E-state index contributed by atoms with van der Waals surface area (Å²) in [4.78, 5) is 23.8. The van der Waals surface area contributed by atoms with Crippen molar-refractivity contribution >= 4 is 40.5 Å². The number of nitrogens with zero attached hydrogens (tertiary/aromatic N) is 4. The maximum absolute atomic E-state index is 10.9. The molecule has 0 saturated carbocycles. The number of aromatic nitrogens is 4. The van der Waals surface area contributed by atoms with Crippen LogP contribution in [0.15, 0.2) is 23.6 Å². The van der Waals surface area contributed by atoms with Crippen molar-refractivity contribution in [2.45, 2.75) is 24.4 Å². The molecule has 2 atom stereocenters. The molecule has 3 rings (SSSR count). The van der Waals surface area contributed by atoms with Crippen LogP contribution in [0.4, 0.5) is 0 Å². The van der Waals surface area contributed by atoms with Crippen LogP contribution in [-0.4, -0.2) is 44.5 Å². The van der Waals surface area contributed by atoms with Crippen LogP contribution >= 0.6 is 23.4 Å². The molecule has 116 valence electrons. The number of thioether (sulfide) groups is 1. The molecule has 1 aliphatic heterocycles. The van der Waals surface area contributed by atoms with E-state index in [-0.39, 0.29) is 24.9 Å². The van der Waals surface area contributed by atoms with Crippen molar-refractivity contribution in [3.8, 4) is 0 Å². The highest BCUT2D eigenvalue weighted by atomic mass is 35.5. The average Bonchev–Trinajstić information content (AvgIpc) is 2.92. The molecule has 0 amide bonds. The van der Waals surface area contributed by atoms with Gasteiger partial charge in [0.05, 0.1) is 12.9 Å². The van der Waals surface area contributed by atoms with Crippen molar-refractivity contribution in [3.05, 3.63) is 23.6 Å². The summed E-state index contributed by atoms with van der Waals surface area (Å²) < 4.78 is 12.5. The summed E-state index contributed by atoms with van der Waals surface area (Å²) in [6.45, 7) is 1.64. The van der Waals surface area contributed by atoms with Gasteiger partial charge in [0.25, 0.3) is 0 Å². The molecule has 7 nitrogen and oxygen atoms in total. The fourth-order valence-corrected chi connectivity index (χ4v) is 2.75. The maximum atomic E-state index is 10.9. The van der Waals surface area contributed by atoms with Crippen molar-refractivity contribution in [1.29, 1.82) is 0 Å². The summed E-state index contributed by atoms with van der Waals surface area (Å²) in [7, 11) is 0. The van der Waals surface area contributed by atoms with Crippen molar-refractivity contribution < 1.29 is 14.3 Å². The summed E-state index contributed by atoms with van der Waals surface area (Å²) >= 11 is 7.52. The number of imidazole rings is 1. The summed E-state index contributed by atoms with van der Waals surface area (Å²) in [5.41, 5.74) is 1.13. The second kappa shape index (κ2) is 6.23. The first-order valence-electron chi connectivity index (χ1n) is 6.49. The van der Waals surface area contributed by atoms with E-state index in [1.54, 1.807) is 23.0 Å². The Morgan fingerprint density at radius 3 is 2.95 bits per heavy atom. The first-order chi connectivity index (χ1) is 10.6. The molecule has 0 N–H and O–H groups in total. The molecule has 3 heterocycles. The van der Waals surface area contributed by atoms with Gasteiger partial charge in [-0.15, -0.1) is 0 Å². The predicted octanol–water partition coefficient (Wildman–Crippen LogP) is 2.22. The third-order valence-corrected chi connectivity index (χ3v) is 3.87. The van der Waals surface area contributed by atoms with Gasteiger partial charge in [-0.05, 0) is 18.4 Å². The number of ether oxygens (including phenoxy) is 2. The zero-order valence-electron chi connectivity index (χ0n) is 11.9. The van der Waals surface area contributed by atoms with Gasteiger partial charge in [0.2, 0.25) is 0 Å². The van der Waals surface area contributed by atoms with Crippen LogP contribution in [0.3, 0.4) is 0 Å². The third-order valence-electron chi connectivity index (χ3n) is 3.05. The zero-order chi connectivity index (χ0) is 15.7. The number of hydrogen-bond acceptors (Lipinski definition) is 7. The van der Waals surface area contributed by atoms with Gasteiger partial charge in [-0.1, -0.05) is 23.4 Å². The van der Waals surface area contributed by atoms with Gasteiger partial charge in [-0.25, -0.2) is 15.0 Å². The summed E-state index contributed by atoms with van der Waals surface area (Å²) in [6.07, 6.45) is 6.32. The van der Waals surface area contributed by atoms with E-state index < -0.39 is 0 Å². The van der Waals surface area contributed by atoms with E-state index >= 15 is 0 Å². The molecule has 0 bridgehead atoms. The van der Waals surface area contributed by atoms with E-state index in [0.29, 0.717) is 21.5 Å². The lowest BCUT2D eigenvalue weighted by Crippen LogP contribution is -2.27. The minimum Gasteiger partial charge on any atom is -0.456 e. The number of carbonyl (C=O) groups is 1. The topological polar surface area (TPSA) is 79.1 Å². The van der Waals surface area contributed by atoms with Gasteiger partial charge in [-0.3, -0.25) is 9.36 Å². The molecular weight excluding hydrogens is 328 g/mol. The lowest BCUT2D eigenvalue weighted by atomic mass is 10.2. The van der Waals surface area contributed by atoms with Crippen molar-refractivity contribution in [2.24, 2.45) is 0 Å². The number of hydrogen-bond donors (Lipinski definition) is 0. The summed E-state index contributed by atoms with van der Waals surface area (Å²) in [5, 5.41) is 0.877. The Kier molecular flexibility index (Phi) is 4.32. The van der Waals surface area contributed by atoms with Crippen molar-refractivity contribution in [3.63, 3.8) is 0 Å². The first-order valence-corrected chi connectivity index (χ1v) is 8.10. The van der Waals surface area contributed by atoms with Crippen molar-refractivity contribution in [2.75, 3.05) is 12.9 Å². The molecule has 9 heteroatoms. The predicted molar refractivity (Wildman–Crippen MR) is 81.8 cm³/mol. The standard InChI is InChI=1S/C13H13ClN4O3S/c1-7(19)21-8-3-4-9(20-5-8)18-6-15-10-11(14)16-13(22-2)17-12(10)18/h3-4,6,8-9H,5H2,1-2H3. The van der Waals surface area contributed by atoms with Crippen molar-refractivity contribution in [1.82, 2.24) is 19.5 Å². The highest BCUT2D eigenvalue weighted by Crippen LogP contribution is 2.26. The van der Waals surface area contributed by atoms with Crippen LogP contribution in [0.2, 0.25) is 5.15 Å². The van der Waals surface area contributed by atoms with Gasteiger partial charge in [0, 0.05) is 6.92 Å². The maximum Gasteiger partial charge on any atom is 0.303 e. The Bertz CT molecular complexity index is 748. The zero-order valence-corrected chi connectivity index (χ0v) is 13.5. The summed E-state index contributed by atoms with van der Waals surface area (Å²) in [5.74, 6) is -0.339. The van der Waals surface area contributed by atoms with Crippen LogP contribution in [0.5, 0.6) is 0 Å². The second-order valence-corrected chi connectivity index (χ2v) is 5.71. The van der Waals surface area contributed by atoms with Crippen LogP contribution in [0.1, 0.15) is 13.2 Å². The number of fused-ring (bicyclic) bond motifs is 1. The Morgan fingerprint density at radius 2 is 2.32 bits per heavy atom. The fourth-order valence-electron chi connectivity index (χ4n) is 2.12. The van der Waals surface area contributed by atoms with Gasteiger partial charge in [0.1, 0.15) is 11.6 Å². The molecule has 2 unspecified atom stereocenters. The van der Waals surface area contributed by atoms with Gasteiger partial charge in [-0.2, -0.15) is 0 Å². The van der Waals surface area contributed by atoms with Gasteiger partial charge >= 0.3 is 5.97 Å². The smallest absolute Gasteiger partial charge is 0.303 e. The highest BCUT2D eigenvalue weighted by Gasteiger charge is 2.22. The number of esters is 1. The minimum atomic E-state index is -0.377. The number of rotatable bonds is 3. The molecule has 0 aliphatic carbocycles. The van der Waals surface area contributed by atoms with Crippen LogP contribution in [0.25, 0.3) is 11.2 Å². The summed E-state index contributed by atoms with van der Waals surface area (Å²) in [6, 6.07) is 0. The lowest BCUT2D eigenvalue weighted by molar-refractivity contribution is -0.149. The van der Waals surface area contributed by atoms with E-state index in [9.17, 15) is 4.79 Å². The molecule has 0 spiro atoms. The number of carbonyl (C=O) groups excluding carboxylic acids is 1.